The number of hydrogen-bond acceptors (Lipinski definition) is 6. The lowest BCUT2D eigenvalue weighted by Crippen LogP contribution is -2.03. The lowest BCUT2D eigenvalue weighted by molar-refractivity contribution is 0.103. The molecule has 1 atom stereocenters. The van der Waals surface area contributed by atoms with Crippen molar-refractivity contribution in [1.29, 1.82) is 0 Å². The molecule has 5 N–H and O–H groups in total. The van der Waals surface area contributed by atoms with E-state index in [1.54, 1.807) is 109 Å². The van der Waals surface area contributed by atoms with Crippen molar-refractivity contribution in [2.75, 3.05) is 11.5 Å². The number of hydrogen-bond donors (Lipinski definition) is 3. The van der Waals surface area contributed by atoms with Gasteiger partial charge in [0.2, 0.25) is 0 Å². The molecule has 0 aliphatic carbocycles. The van der Waals surface area contributed by atoms with Crippen LogP contribution in [-0.2, 0) is 0 Å². The van der Waals surface area contributed by atoms with Gasteiger partial charge in [-0.05, 0) is 96.1 Å². The van der Waals surface area contributed by atoms with Crippen molar-refractivity contribution >= 4 is 17.2 Å². The highest BCUT2D eigenvalue weighted by Gasteiger charge is 2.14. The van der Waals surface area contributed by atoms with Gasteiger partial charge in [0.1, 0.15) is 29.1 Å². The van der Waals surface area contributed by atoms with E-state index in [-0.39, 0.29) is 5.78 Å². The maximum Gasteiger partial charge on any atom is 0.193 e. The van der Waals surface area contributed by atoms with Crippen molar-refractivity contribution in [1.82, 2.24) is 0 Å². The van der Waals surface area contributed by atoms with Gasteiger partial charge in [-0.2, -0.15) is 0 Å². The SMILES string of the molecule is Nc1ccc(Oc2ccc(C(=O)c3ccc(C(O)c4ccc(Oc5ccc(N)cc5)cc4)cc3)cc2)cc1. The molecule has 0 aliphatic heterocycles. The Labute approximate surface area is 220 Å². The fraction of sp³-hybridized carbons (Fsp3) is 0.0312. The van der Waals surface area contributed by atoms with Gasteiger partial charge in [0.25, 0.3) is 0 Å². The molecule has 0 aliphatic rings. The fourth-order valence-electron chi connectivity index (χ4n) is 3.91. The Hall–Kier alpha value is -5.07. The van der Waals surface area contributed by atoms with E-state index in [1.807, 2.05) is 12.1 Å². The first-order valence-electron chi connectivity index (χ1n) is 12.0. The van der Waals surface area contributed by atoms with Gasteiger partial charge in [-0.15, -0.1) is 0 Å². The summed E-state index contributed by atoms with van der Waals surface area (Å²) < 4.78 is 11.6. The monoisotopic (exact) mass is 502 g/mol. The molecule has 0 bridgehead atoms. The lowest BCUT2D eigenvalue weighted by Gasteiger charge is -2.13. The van der Waals surface area contributed by atoms with Crippen LogP contribution >= 0.6 is 0 Å². The Balaban J connectivity index is 1.22. The van der Waals surface area contributed by atoms with Crippen LogP contribution in [0.1, 0.15) is 33.2 Å². The first kappa shape index (κ1) is 24.6. The topological polar surface area (TPSA) is 108 Å². The third-order valence-electron chi connectivity index (χ3n) is 6.03. The first-order chi connectivity index (χ1) is 18.4. The third kappa shape index (κ3) is 5.83. The zero-order chi connectivity index (χ0) is 26.5. The van der Waals surface area contributed by atoms with Crippen LogP contribution in [0.15, 0.2) is 121 Å². The summed E-state index contributed by atoms with van der Waals surface area (Å²) in [7, 11) is 0. The molecule has 6 heteroatoms. The summed E-state index contributed by atoms with van der Waals surface area (Å²) in [6.45, 7) is 0. The maximum absolute atomic E-state index is 13.0. The molecule has 38 heavy (non-hydrogen) atoms. The Kier molecular flexibility index (Phi) is 7.06. The molecule has 5 rings (SSSR count). The fourth-order valence-corrected chi connectivity index (χ4v) is 3.91. The summed E-state index contributed by atoms with van der Waals surface area (Å²) in [6.07, 6.45) is -0.838. The number of aliphatic hydroxyl groups excluding tert-OH is 1. The van der Waals surface area contributed by atoms with Gasteiger partial charge in [-0.3, -0.25) is 4.79 Å². The van der Waals surface area contributed by atoms with E-state index in [4.69, 9.17) is 20.9 Å². The second-order valence-corrected chi connectivity index (χ2v) is 8.79. The van der Waals surface area contributed by atoms with E-state index in [9.17, 15) is 9.90 Å². The van der Waals surface area contributed by atoms with Crippen LogP contribution in [0.25, 0.3) is 0 Å². The van der Waals surface area contributed by atoms with Gasteiger partial charge in [0, 0.05) is 22.5 Å². The van der Waals surface area contributed by atoms with Crippen molar-refractivity contribution in [3.63, 3.8) is 0 Å². The van der Waals surface area contributed by atoms with Crippen molar-refractivity contribution < 1.29 is 19.4 Å². The van der Waals surface area contributed by atoms with Crippen LogP contribution in [0, 0.1) is 0 Å². The molecular formula is C32H26N2O4. The molecule has 188 valence electrons. The number of benzene rings is 5. The van der Waals surface area contributed by atoms with Crippen LogP contribution in [0.3, 0.4) is 0 Å². The average Bonchev–Trinajstić information content (AvgIpc) is 2.96. The van der Waals surface area contributed by atoms with Crippen LogP contribution in [0.2, 0.25) is 0 Å². The molecular weight excluding hydrogens is 476 g/mol. The predicted octanol–water partition coefficient (Wildman–Crippen LogP) is 6.75. The molecule has 0 amide bonds. The molecule has 0 spiro atoms. The summed E-state index contributed by atoms with van der Waals surface area (Å²) in [5, 5.41) is 10.9. The second-order valence-electron chi connectivity index (χ2n) is 8.79. The van der Waals surface area contributed by atoms with Gasteiger partial charge in [0.15, 0.2) is 5.78 Å². The number of rotatable bonds is 8. The Bertz CT molecular complexity index is 1510. The van der Waals surface area contributed by atoms with E-state index in [0.717, 1.165) is 0 Å². The largest absolute Gasteiger partial charge is 0.457 e. The minimum Gasteiger partial charge on any atom is -0.457 e. The van der Waals surface area contributed by atoms with E-state index in [1.165, 1.54) is 0 Å². The minimum absolute atomic E-state index is 0.116. The molecule has 5 aromatic rings. The highest BCUT2D eigenvalue weighted by molar-refractivity contribution is 6.09. The van der Waals surface area contributed by atoms with Gasteiger partial charge in [-0.25, -0.2) is 0 Å². The number of nitrogens with two attached hydrogens (primary N) is 2. The molecule has 0 saturated heterocycles. The quantitative estimate of drug-likeness (QED) is 0.160. The highest BCUT2D eigenvalue weighted by Crippen LogP contribution is 2.28. The molecule has 1 unspecified atom stereocenters. The summed E-state index contributed by atoms with van der Waals surface area (Å²) in [5.74, 6) is 2.49. The molecule has 6 nitrogen and oxygen atoms in total. The molecule has 5 aromatic carbocycles. The summed E-state index contributed by atoms with van der Waals surface area (Å²) in [6, 6.07) is 35.4. The van der Waals surface area contributed by atoms with Gasteiger partial charge in [0.05, 0.1) is 0 Å². The smallest absolute Gasteiger partial charge is 0.193 e. The number of carbonyl (C=O) groups excluding carboxylic acids is 1. The Morgan fingerprint density at radius 1 is 0.500 bits per heavy atom. The third-order valence-corrected chi connectivity index (χ3v) is 6.03. The number of ketones is 1. The minimum atomic E-state index is -0.838. The normalized spacial score (nSPS) is 11.5. The standard InChI is InChI=1S/C32H26N2O4/c33-25-9-17-29(18-10-25)37-27-13-5-23(6-14-27)31(35)21-1-2-22(4-3-21)32(36)24-7-15-28(16-8-24)38-30-19-11-26(34)12-20-30/h1-20,31,35H,33-34H2. The number of nitrogen functional groups attached to an aromatic ring is 2. The zero-order valence-corrected chi connectivity index (χ0v) is 20.5. The number of anilines is 2. The molecule has 0 saturated carbocycles. The zero-order valence-electron chi connectivity index (χ0n) is 20.5. The highest BCUT2D eigenvalue weighted by atomic mass is 16.5. The van der Waals surface area contributed by atoms with E-state index in [0.29, 0.717) is 56.6 Å². The Morgan fingerprint density at radius 2 is 0.789 bits per heavy atom. The molecule has 0 radical (unpaired) electrons. The number of carbonyl (C=O) groups is 1. The van der Waals surface area contributed by atoms with E-state index >= 15 is 0 Å². The molecule has 0 heterocycles. The van der Waals surface area contributed by atoms with Crippen LogP contribution in [0.4, 0.5) is 11.4 Å². The average molecular weight is 503 g/mol. The van der Waals surface area contributed by atoms with Crippen molar-refractivity contribution in [2.24, 2.45) is 0 Å². The van der Waals surface area contributed by atoms with Crippen molar-refractivity contribution in [2.45, 2.75) is 6.10 Å². The first-order valence-corrected chi connectivity index (χ1v) is 12.0. The van der Waals surface area contributed by atoms with Crippen LogP contribution < -0.4 is 20.9 Å². The number of ether oxygens (including phenoxy) is 2. The summed E-state index contributed by atoms with van der Waals surface area (Å²) >= 11 is 0. The Morgan fingerprint density at radius 3 is 1.18 bits per heavy atom. The van der Waals surface area contributed by atoms with E-state index in [2.05, 4.69) is 0 Å². The van der Waals surface area contributed by atoms with Crippen LogP contribution in [0.5, 0.6) is 23.0 Å². The number of aliphatic hydroxyl groups is 1. The van der Waals surface area contributed by atoms with Crippen molar-refractivity contribution in [3.05, 3.63) is 144 Å². The van der Waals surface area contributed by atoms with Gasteiger partial charge < -0.3 is 26.0 Å². The predicted molar refractivity (Wildman–Crippen MR) is 149 cm³/mol. The second kappa shape index (κ2) is 10.9. The maximum atomic E-state index is 13.0. The summed E-state index contributed by atoms with van der Waals surface area (Å²) in [5.41, 5.74) is 15.2. The molecule has 0 aromatic heterocycles. The van der Waals surface area contributed by atoms with Crippen molar-refractivity contribution in [3.8, 4) is 23.0 Å². The molecule has 0 fully saturated rings. The summed E-state index contributed by atoms with van der Waals surface area (Å²) in [4.78, 5) is 13.0. The lowest BCUT2D eigenvalue weighted by atomic mass is 9.97. The van der Waals surface area contributed by atoms with E-state index < -0.39 is 6.10 Å². The van der Waals surface area contributed by atoms with Gasteiger partial charge in [-0.1, -0.05) is 36.4 Å². The van der Waals surface area contributed by atoms with Crippen LogP contribution in [-0.4, -0.2) is 10.9 Å². The van der Waals surface area contributed by atoms with Gasteiger partial charge >= 0.3 is 0 Å².